The van der Waals surface area contributed by atoms with Crippen LogP contribution in [0.1, 0.15) is 26.2 Å². The van der Waals surface area contributed by atoms with Gasteiger partial charge in [0, 0.05) is 13.2 Å². The van der Waals surface area contributed by atoms with Gasteiger partial charge in [0.15, 0.2) is 0 Å². The average Bonchev–Trinajstić information content (AvgIpc) is 2.28. The molecule has 1 heterocycles. The molecule has 0 spiro atoms. The summed E-state index contributed by atoms with van der Waals surface area (Å²) in [5.74, 6) is 0.260. The van der Waals surface area contributed by atoms with Gasteiger partial charge in [0.05, 0.1) is 12.1 Å². The summed E-state index contributed by atoms with van der Waals surface area (Å²) in [5, 5.41) is 17.7. The molecule has 1 fully saturated rings. The molecule has 0 radical (unpaired) electrons. The fraction of sp³-hybridized carbons (Fsp3) is 0.818. The first kappa shape index (κ1) is 12.9. The normalized spacial score (nSPS) is 27.2. The van der Waals surface area contributed by atoms with E-state index in [1.807, 2.05) is 0 Å². The number of piperidine rings is 1. The Hall–Kier alpha value is -1.12. The lowest BCUT2D eigenvalue weighted by Gasteiger charge is -2.36. The highest BCUT2D eigenvalue weighted by atomic mass is 16.3. The van der Waals surface area contributed by atoms with Crippen molar-refractivity contribution in [3.05, 3.63) is 0 Å². The zero-order chi connectivity index (χ0) is 12.1. The van der Waals surface area contributed by atoms with E-state index in [4.69, 9.17) is 16.1 Å². The second-order valence-corrected chi connectivity index (χ2v) is 4.42. The molecule has 1 saturated heterocycles. The number of hydrogen-bond donors (Lipinski definition) is 2. The van der Waals surface area contributed by atoms with Gasteiger partial charge in [-0.1, -0.05) is 6.92 Å². The maximum absolute atomic E-state index is 11.9. The van der Waals surface area contributed by atoms with E-state index in [0.29, 0.717) is 18.9 Å². The average molecular weight is 225 g/mol. The molecule has 0 aliphatic carbocycles. The van der Waals surface area contributed by atoms with E-state index >= 15 is 0 Å². The van der Waals surface area contributed by atoms with Crippen molar-refractivity contribution in [2.45, 2.75) is 38.3 Å². The van der Waals surface area contributed by atoms with Gasteiger partial charge in [-0.25, -0.2) is 0 Å². The van der Waals surface area contributed by atoms with E-state index in [1.54, 1.807) is 4.90 Å². The van der Waals surface area contributed by atoms with E-state index in [9.17, 15) is 4.79 Å². The lowest BCUT2D eigenvalue weighted by atomic mass is 9.92. The Kier molecular flexibility index (Phi) is 4.71. The van der Waals surface area contributed by atoms with E-state index in [0.717, 1.165) is 6.42 Å². The topological polar surface area (TPSA) is 90.3 Å². The Morgan fingerprint density at radius 3 is 3.00 bits per heavy atom. The number of nitrogens with two attached hydrogens (primary N) is 1. The van der Waals surface area contributed by atoms with Crippen LogP contribution in [0.5, 0.6) is 0 Å². The molecule has 1 amide bonds. The molecule has 3 N–H and O–H groups in total. The van der Waals surface area contributed by atoms with Crippen molar-refractivity contribution in [2.24, 2.45) is 11.7 Å². The standard InChI is InChI=1S/C11H19N3O2/c1-8-2-4-14(9(6-8)7-12)11(16)10(13)3-5-15/h8-10,15H,2-6,13H2,1H3/t8?,9-,10+/m0/s1. The fourth-order valence-electron chi connectivity index (χ4n) is 2.00. The molecule has 5 heteroatoms. The van der Waals surface area contributed by atoms with Crippen LogP contribution >= 0.6 is 0 Å². The summed E-state index contributed by atoms with van der Waals surface area (Å²) in [7, 11) is 0. The van der Waals surface area contributed by atoms with Crippen LogP contribution in [-0.4, -0.2) is 41.1 Å². The molecule has 90 valence electrons. The first-order valence-electron chi connectivity index (χ1n) is 5.66. The van der Waals surface area contributed by atoms with Crippen LogP contribution in [0, 0.1) is 17.2 Å². The Labute approximate surface area is 95.8 Å². The maximum atomic E-state index is 11.9. The number of carbonyl (C=O) groups excluding carboxylic acids is 1. The van der Waals surface area contributed by atoms with Crippen molar-refractivity contribution in [3.8, 4) is 6.07 Å². The molecular weight excluding hydrogens is 206 g/mol. The number of amides is 1. The predicted octanol–water partition coefficient (Wildman–Crippen LogP) is -0.153. The summed E-state index contributed by atoms with van der Waals surface area (Å²) in [6, 6.07) is 1.10. The molecular formula is C11H19N3O2. The van der Waals surface area contributed by atoms with Gasteiger partial charge < -0.3 is 15.7 Å². The summed E-state index contributed by atoms with van der Waals surface area (Å²) in [4.78, 5) is 13.5. The van der Waals surface area contributed by atoms with E-state index in [2.05, 4.69) is 13.0 Å². The quantitative estimate of drug-likeness (QED) is 0.698. The van der Waals surface area contributed by atoms with Crippen LogP contribution in [0.15, 0.2) is 0 Å². The molecule has 0 aromatic rings. The first-order chi connectivity index (χ1) is 7.60. The fourth-order valence-corrected chi connectivity index (χ4v) is 2.00. The van der Waals surface area contributed by atoms with Gasteiger partial charge >= 0.3 is 0 Å². The van der Waals surface area contributed by atoms with Gasteiger partial charge in [0.1, 0.15) is 6.04 Å². The number of nitriles is 1. The summed E-state index contributed by atoms with van der Waals surface area (Å²) in [5.41, 5.74) is 5.65. The molecule has 0 bridgehead atoms. The molecule has 0 aromatic carbocycles. The van der Waals surface area contributed by atoms with Crippen LogP contribution in [0.25, 0.3) is 0 Å². The second-order valence-electron chi connectivity index (χ2n) is 4.42. The van der Waals surface area contributed by atoms with Crippen LogP contribution in [0.3, 0.4) is 0 Å². The van der Waals surface area contributed by atoms with Crippen LogP contribution in [0.2, 0.25) is 0 Å². The SMILES string of the molecule is CC1CCN(C(=O)[C@H](N)CCO)[C@H](C#N)C1. The highest BCUT2D eigenvalue weighted by Crippen LogP contribution is 2.22. The first-order valence-corrected chi connectivity index (χ1v) is 5.66. The second kappa shape index (κ2) is 5.83. The Bertz CT molecular complexity index is 287. The van der Waals surface area contributed by atoms with Crippen molar-refractivity contribution in [1.29, 1.82) is 5.26 Å². The molecule has 16 heavy (non-hydrogen) atoms. The van der Waals surface area contributed by atoms with Crippen molar-refractivity contribution in [3.63, 3.8) is 0 Å². The number of hydrogen-bond acceptors (Lipinski definition) is 4. The van der Waals surface area contributed by atoms with Crippen LogP contribution in [-0.2, 0) is 4.79 Å². The molecule has 0 aromatic heterocycles. The Balaban J connectivity index is 2.64. The molecule has 1 aliphatic heterocycles. The summed E-state index contributed by atoms with van der Waals surface area (Å²) in [6.07, 6.45) is 1.88. The maximum Gasteiger partial charge on any atom is 0.240 e. The van der Waals surface area contributed by atoms with Gasteiger partial charge in [-0.3, -0.25) is 4.79 Å². The van der Waals surface area contributed by atoms with Crippen LogP contribution < -0.4 is 5.73 Å². The summed E-state index contributed by atoms with van der Waals surface area (Å²) in [6.45, 7) is 2.57. The van der Waals surface area contributed by atoms with Crippen molar-refractivity contribution in [1.82, 2.24) is 4.90 Å². The third-order valence-electron chi connectivity index (χ3n) is 3.05. The minimum Gasteiger partial charge on any atom is -0.396 e. The number of likely N-dealkylation sites (tertiary alicyclic amines) is 1. The number of rotatable bonds is 3. The Morgan fingerprint density at radius 2 is 2.44 bits per heavy atom. The van der Waals surface area contributed by atoms with E-state index in [-0.39, 0.29) is 25.0 Å². The number of nitrogens with zero attached hydrogens (tertiary/aromatic N) is 2. The third-order valence-corrected chi connectivity index (χ3v) is 3.05. The molecule has 0 saturated carbocycles. The number of aliphatic hydroxyl groups is 1. The van der Waals surface area contributed by atoms with Crippen LogP contribution in [0.4, 0.5) is 0 Å². The summed E-state index contributed by atoms with van der Waals surface area (Å²) >= 11 is 0. The van der Waals surface area contributed by atoms with E-state index < -0.39 is 6.04 Å². The highest BCUT2D eigenvalue weighted by molar-refractivity contribution is 5.82. The minimum absolute atomic E-state index is 0.103. The monoisotopic (exact) mass is 225 g/mol. The molecule has 1 unspecified atom stereocenters. The Morgan fingerprint density at radius 1 is 1.75 bits per heavy atom. The zero-order valence-electron chi connectivity index (χ0n) is 9.59. The predicted molar refractivity (Wildman–Crippen MR) is 59.2 cm³/mol. The highest BCUT2D eigenvalue weighted by Gasteiger charge is 2.31. The van der Waals surface area contributed by atoms with Crippen molar-refractivity contribution in [2.75, 3.05) is 13.2 Å². The molecule has 1 rings (SSSR count). The van der Waals surface area contributed by atoms with Crippen molar-refractivity contribution < 1.29 is 9.90 Å². The van der Waals surface area contributed by atoms with Gasteiger partial charge in [-0.05, 0) is 25.2 Å². The summed E-state index contributed by atoms with van der Waals surface area (Å²) < 4.78 is 0. The number of aliphatic hydroxyl groups excluding tert-OH is 1. The third kappa shape index (κ3) is 2.94. The molecule has 5 nitrogen and oxygen atoms in total. The zero-order valence-corrected chi connectivity index (χ0v) is 9.59. The van der Waals surface area contributed by atoms with Gasteiger partial charge in [-0.2, -0.15) is 5.26 Å². The van der Waals surface area contributed by atoms with Gasteiger partial charge in [0.2, 0.25) is 5.91 Å². The van der Waals surface area contributed by atoms with Gasteiger partial charge in [0.25, 0.3) is 0 Å². The minimum atomic E-state index is -0.686. The van der Waals surface area contributed by atoms with Gasteiger partial charge in [-0.15, -0.1) is 0 Å². The van der Waals surface area contributed by atoms with E-state index in [1.165, 1.54) is 0 Å². The number of carbonyl (C=O) groups is 1. The van der Waals surface area contributed by atoms with Crippen molar-refractivity contribution >= 4 is 5.91 Å². The lowest BCUT2D eigenvalue weighted by molar-refractivity contribution is -0.135. The molecule has 3 atom stereocenters. The smallest absolute Gasteiger partial charge is 0.240 e. The largest absolute Gasteiger partial charge is 0.396 e. The molecule has 1 aliphatic rings. The lowest BCUT2D eigenvalue weighted by Crippen LogP contribution is -2.51.